The monoisotopic (exact) mass is 456 g/mol. The fourth-order valence-electron chi connectivity index (χ4n) is 4.02. The van der Waals surface area contributed by atoms with E-state index in [9.17, 15) is 0 Å². The van der Waals surface area contributed by atoms with Crippen molar-refractivity contribution in [2.45, 2.75) is 40.5 Å². The van der Waals surface area contributed by atoms with Crippen molar-refractivity contribution in [3.05, 3.63) is 94.7 Å². The van der Waals surface area contributed by atoms with E-state index in [1.165, 1.54) is 33.5 Å². The molecule has 4 rings (SSSR count). The Balaban J connectivity index is 0.000000196. The maximum absolute atomic E-state index is 5.25. The topological polar surface area (TPSA) is 43.4 Å². The van der Waals surface area contributed by atoms with E-state index in [0.717, 1.165) is 36.0 Å². The van der Waals surface area contributed by atoms with Crippen LogP contribution in [0.1, 0.15) is 34.2 Å². The number of methoxy groups -OCH3 is 2. The van der Waals surface area contributed by atoms with Crippen LogP contribution in [0.5, 0.6) is 11.5 Å². The molecule has 0 saturated heterocycles. The number of pyridine rings is 1. The Morgan fingerprint density at radius 3 is 2.03 bits per heavy atom. The summed E-state index contributed by atoms with van der Waals surface area (Å²) in [5, 5.41) is 4.56. The fraction of sp³-hybridized carbons (Fsp3) is 0.300. The van der Waals surface area contributed by atoms with E-state index in [0.29, 0.717) is 5.75 Å². The van der Waals surface area contributed by atoms with Crippen LogP contribution in [0, 0.1) is 27.7 Å². The molecule has 178 valence electrons. The van der Waals surface area contributed by atoms with Crippen molar-refractivity contribution in [2.75, 3.05) is 26.1 Å². The second kappa shape index (κ2) is 12.1. The van der Waals surface area contributed by atoms with E-state index in [2.05, 4.69) is 80.5 Å². The van der Waals surface area contributed by atoms with Crippen LogP contribution in [0.15, 0.2) is 66.9 Å². The van der Waals surface area contributed by atoms with Crippen LogP contribution in [-0.2, 0) is 6.42 Å². The smallest absolute Gasteiger partial charge is 0.162 e. The molecule has 3 aromatic carbocycles. The summed E-state index contributed by atoms with van der Waals surface area (Å²) in [4.78, 5) is 4.29. The molecule has 34 heavy (non-hydrogen) atoms. The van der Waals surface area contributed by atoms with E-state index in [1.54, 1.807) is 20.4 Å². The van der Waals surface area contributed by atoms with E-state index < -0.39 is 0 Å². The van der Waals surface area contributed by atoms with Gasteiger partial charge in [-0.05, 0) is 75.9 Å². The number of benzene rings is 3. The lowest BCUT2D eigenvalue weighted by Gasteiger charge is -2.09. The Morgan fingerprint density at radius 1 is 0.735 bits per heavy atom. The number of ether oxygens (including phenoxy) is 2. The number of nitrogens with one attached hydrogen (secondary N) is 1. The van der Waals surface area contributed by atoms with Gasteiger partial charge in [0, 0.05) is 29.9 Å². The third-order valence-corrected chi connectivity index (χ3v) is 5.77. The summed E-state index contributed by atoms with van der Waals surface area (Å²) in [5.74, 6) is 1.45. The molecular weight excluding hydrogens is 420 g/mol. The Hall–Kier alpha value is -3.53. The van der Waals surface area contributed by atoms with Crippen LogP contribution in [0.3, 0.4) is 0 Å². The lowest BCUT2D eigenvalue weighted by atomic mass is 10.0. The molecule has 0 unspecified atom stereocenters. The Labute approximate surface area is 204 Å². The Morgan fingerprint density at radius 2 is 1.38 bits per heavy atom. The number of nitrogens with zero attached hydrogens (tertiary/aromatic N) is 1. The van der Waals surface area contributed by atoms with Gasteiger partial charge in [0.25, 0.3) is 0 Å². The number of aryl methyl sites for hydroxylation is 5. The van der Waals surface area contributed by atoms with Crippen molar-refractivity contribution in [1.82, 2.24) is 4.98 Å². The van der Waals surface area contributed by atoms with Crippen molar-refractivity contribution in [3.8, 4) is 11.5 Å². The molecule has 0 fully saturated rings. The second-order valence-electron chi connectivity index (χ2n) is 8.74. The van der Waals surface area contributed by atoms with Gasteiger partial charge in [0.05, 0.1) is 19.7 Å². The summed E-state index contributed by atoms with van der Waals surface area (Å²) >= 11 is 0. The molecule has 1 N–H and O–H groups in total. The number of hydrogen-bond acceptors (Lipinski definition) is 4. The molecule has 0 saturated carbocycles. The molecule has 0 atom stereocenters. The van der Waals surface area contributed by atoms with Gasteiger partial charge in [0.1, 0.15) is 0 Å². The Bertz CT molecular complexity index is 1200. The molecule has 0 radical (unpaired) electrons. The predicted molar refractivity (Wildman–Crippen MR) is 143 cm³/mol. The molecule has 1 aromatic heterocycles. The summed E-state index contributed by atoms with van der Waals surface area (Å²) < 4.78 is 10.5. The van der Waals surface area contributed by atoms with Crippen molar-refractivity contribution in [3.63, 3.8) is 0 Å². The molecule has 4 nitrogen and oxygen atoms in total. The third kappa shape index (κ3) is 6.98. The zero-order valence-corrected chi connectivity index (χ0v) is 21.2. The standard InChI is InChI=1S/C18H23N.C12H13NO2/c1-14-6-8-18(9-7-14)19-10-4-5-17-12-15(2)11-16(3)13-17;1-8-4-5-13-10-7-12(15-3)11(14-2)6-9(8)10/h6-9,11-13,19H,4-5,10H2,1-3H3;4-7H,1-3H3. The molecule has 4 aromatic rings. The van der Waals surface area contributed by atoms with Crippen LogP contribution in [0.25, 0.3) is 10.9 Å². The first-order valence-corrected chi connectivity index (χ1v) is 11.7. The summed E-state index contributed by atoms with van der Waals surface area (Å²) in [6.45, 7) is 9.53. The Kier molecular flexibility index (Phi) is 8.92. The van der Waals surface area contributed by atoms with Crippen LogP contribution in [0.2, 0.25) is 0 Å². The van der Waals surface area contributed by atoms with Crippen LogP contribution in [0.4, 0.5) is 5.69 Å². The van der Waals surface area contributed by atoms with Crippen LogP contribution in [-0.4, -0.2) is 25.7 Å². The first-order valence-electron chi connectivity index (χ1n) is 11.7. The molecule has 0 amide bonds. The minimum atomic E-state index is 0.711. The highest BCUT2D eigenvalue weighted by atomic mass is 16.5. The number of hydrogen-bond donors (Lipinski definition) is 1. The van der Waals surface area contributed by atoms with Crippen molar-refractivity contribution in [2.24, 2.45) is 0 Å². The minimum Gasteiger partial charge on any atom is -0.493 e. The highest BCUT2D eigenvalue weighted by Gasteiger charge is 2.07. The zero-order chi connectivity index (χ0) is 24.5. The first kappa shape index (κ1) is 25.1. The van der Waals surface area contributed by atoms with Gasteiger partial charge in [-0.25, -0.2) is 0 Å². The van der Waals surface area contributed by atoms with Gasteiger partial charge < -0.3 is 14.8 Å². The first-order chi connectivity index (χ1) is 16.4. The molecule has 0 bridgehead atoms. The largest absolute Gasteiger partial charge is 0.493 e. The van der Waals surface area contributed by atoms with Gasteiger partial charge in [-0.15, -0.1) is 0 Å². The lowest BCUT2D eigenvalue weighted by molar-refractivity contribution is 0.356. The van der Waals surface area contributed by atoms with Gasteiger partial charge in [0.15, 0.2) is 11.5 Å². The van der Waals surface area contributed by atoms with E-state index in [1.807, 2.05) is 18.2 Å². The number of aromatic nitrogens is 1. The number of anilines is 1. The second-order valence-corrected chi connectivity index (χ2v) is 8.74. The molecule has 0 spiro atoms. The van der Waals surface area contributed by atoms with Crippen LogP contribution >= 0.6 is 0 Å². The maximum Gasteiger partial charge on any atom is 0.162 e. The minimum absolute atomic E-state index is 0.711. The average Bonchev–Trinajstić information content (AvgIpc) is 2.82. The van der Waals surface area contributed by atoms with E-state index >= 15 is 0 Å². The molecular formula is C30H36N2O2. The van der Waals surface area contributed by atoms with Gasteiger partial charge >= 0.3 is 0 Å². The average molecular weight is 457 g/mol. The normalized spacial score (nSPS) is 10.4. The quantitative estimate of drug-likeness (QED) is 0.298. The van der Waals surface area contributed by atoms with Crippen molar-refractivity contribution >= 4 is 16.6 Å². The predicted octanol–water partition coefficient (Wildman–Crippen LogP) is 7.22. The fourth-order valence-corrected chi connectivity index (χ4v) is 4.02. The molecule has 0 aliphatic carbocycles. The van der Waals surface area contributed by atoms with Crippen molar-refractivity contribution < 1.29 is 9.47 Å². The summed E-state index contributed by atoms with van der Waals surface area (Å²) in [5.41, 5.74) is 8.80. The van der Waals surface area contributed by atoms with Gasteiger partial charge in [-0.2, -0.15) is 0 Å². The molecule has 0 aliphatic rings. The summed E-state index contributed by atoms with van der Waals surface area (Å²) in [7, 11) is 3.26. The zero-order valence-electron chi connectivity index (χ0n) is 21.2. The maximum atomic E-state index is 5.25. The third-order valence-electron chi connectivity index (χ3n) is 5.77. The van der Waals surface area contributed by atoms with E-state index in [-0.39, 0.29) is 0 Å². The SMILES string of the molecule is COc1cc2nccc(C)c2cc1OC.Cc1ccc(NCCCc2cc(C)cc(C)c2)cc1. The van der Waals surface area contributed by atoms with Gasteiger partial charge in [-0.3, -0.25) is 4.98 Å². The van der Waals surface area contributed by atoms with Crippen LogP contribution < -0.4 is 14.8 Å². The number of rotatable bonds is 7. The summed E-state index contributed by atoms with van der Waals surface area (Å²) in [6.07, 6.45) is 4.10. The molecule has 0 aliphatic heterocycles. The van der Waals surface area contributed by atoms with Gasteiger partial charge in [0.2, 0.25) is 0 Å². The molecule has 4 heteroatoms. The van der Waals surface area contributed by atoms with E-state index in [4.69, 9.17) is 9.47 Å². The lowest BCUT2D eigenvalue weighted by Crippen LogP contribution is -2.03. The molecule has 1 heterocycles. The highest BCUT2D eigenvalue weighted by Crippen LogP contribution is 2.32. The summed E-state index contributed by atoms with van der Waals surface area (Å²) in [6, 6.07) is 21.2. The van der Waals surface area contributed by atoms with Crippen molar-refractivity contribution in [1.29, 1.82) is 0 Å². The number of fused-ring (bicyclic) bond motifs is 1. The highest BCUT2D eigenvalue weighted by molar-refractivity contribution is 5.85. The van der Waals surface area contributed by atoms with Gasteiger partial charge in [-0.1, -0.05) is 47.0 Å².